The lowest BCUT2D eigenvalue weighted by Crippen LogP contribution is -2.46. The van der Waals surface area contributed by atoms with Crippen LogP contribution in [0.1, 0.15) is 19.8 Å². The van der Waals surface area contributed by atoms with E-state index in [9.17, 15) is 5.11 Å². The molecule has 0 bridgehead atoms. The molecule has 0 aromatic rings. The van der Waals surface area contributed by atoms with E-state index in [0.29, 0.717) is 6.04 Å². The van der Waals surface area contributed by atoms with E-state index in [1.807, 2.05) is 6.92 Å². The summed E-state index contributed by atoms with van der Waals surface area (Å²) in [6.45, 7) is 4.85. The minimum Gasteiger partial charge on any atom is -0.392 e. The average Bonchev–Trinajstić information content (AvgIpc) is 2.05. The predicted octanol–water partition coefficient (Wildman–Crippen LogP) is 0.0510. The number of hydrogen-bond donors (Lipinski definition) is 2. The van der Waals surface area contributed by atoms with Gasteiger partial charge in [-0.2, -0.15) is 0 Å². The number of likely N-dealkylation sites (N-methyl/N-ethyl adjacent to an activating group) is 1. The quantitative estimate of drug-likeness (QED) is 0.631. The molecule has 0 saturated carbocycles. The van der Waals surface area contributed by atoms with Crippen molar-refractivity contribution in [2.24, 2.45) is 0 Å². The molecule has 12 heavy (non-hydrogen) atoms. The van der Waals surface area contributed by atoms with Gasteiger partial charge < -0.3 is 10.4 Å². The van der Waals surface area contributed by atoms with Crippen LogP contribution in [0, 0.1) is 0 Å². The van der Waals surface area contributed by atoms with E-state index >= 15 is 0 Å². The molecule has 0 aromatic carbocycles. The van der Waals surface area contributed by atoms with E-state index in [0.717, 1.165) is 19.6 Å². The van der Waals surface area contributed by atoms with Crippen LogP contribution in [0.2, 0.25) is 0 Å². The summed E-state index contributed by atoms with van der Waals surface area (Å²) in [7, 11) is 2.09. The smallest absolute Gasteiger partial charge is 0.0639 e. The van der Waals surface area contributed by atoms with Gasteiger partial charge in [0.2, 0.25) is 0 Å². The largest absolute Gasteiger partial charge is 0.392 e. The second-order valence-corrected chi connectivity index (χ2v) is 3.79. The summed E-state index contributed by atoms with van der Waals surface area (Å²) in [6, 6.07) is 0.619. The van der Waals surface area contributed by atoms with Crippen LogP contribution in [-0.2, 0) is 0 Å². The van der Waals surface area contributed by atoms with Crippen LogP contribution >= 0.6 is 0 Å². The minimum atomic E-state index is -0.211. The van der Waals surface area contributed by atoms with E-state index < -0.39 is 0 Å². The maximum Gasteiger partial charge on any atom is 0.0639 e. The molecule has 0 amide bonds. The summed E-state index contributed by atoms with van der Waals surface area (Å²) in [5.74, 6) is 0. The molecule has 0 aromatic heterocycles. The zero-order valence-corrected chi connectivity index (χ0v) is 8.08. The van der Waals surface area contributed by atoms with E-state index in [4.69, 9.17) is 0 Å². The van der Waals surface area contributed by atoms with Crippen molar-refractivity contribution in [3.8, 4) is 0 Å². The van der Waals surface area contributed by atoms with Crippen molar-refractivity contribution >= 4 is 0 Å². The molecule has 1 rings (SSSR count). The molecule has 0 radical (unpaired) electrons. The first kappa shape index (κ1) is 9.96. The molecule has 1 aliphatic rings. The van der Waals surface area contributed by atoms with E-state index in [1.54, 1.807) is 0 Å². The maximum absolute atomic E-state index is 9.19. The molecule has 1 unspecified atom stereocenters. The first-order valence-corrected chi connectivity index (χ1v) is 4.79. The van der Waals surface area contributed by atoms with Crippen LogP contribution in [0.5, 0.6) is 0 Å². The van der Waals surface area contributed by atoms with Crippen molar-refractivity contribution in [3.05, 3.63) is 0 Å². The fraction of sp³-hybridized carbons (Fsp3) is 1.00. The Labute approximate surface area is 74.8 Å². The number of nitrogens with zero attached hydrogens (tertiary/aromatic N) is 1. The highest BCUT2D eigenvalue weighted by molar-refractivity contribution is 4.76. The summed E-state index contributed by atoms with van der Waals surface area (Å²) in [5, 5.41) is 12.6. The molecule has 0 spiro atoms. The number of nitrogens with one attached hydrogen (secondary N) is 1. The molecular weight excluding hydrogens is 152 g/mol. The predicted molar refractivity (Wildman–Crippen MR) is 50.2 cm³/mol. The van der Waals surface area contributed by atoms with Crippen LogP contribution in [-0.4, -0.2) is 48.8 Å². The third-order valence-corrected chi connectivity index (χ3v) is 2.45. The topological polar surface area (TPSA) is 35.5 Å². The van der Waals surface area contributed by atoms with Gasteiger partial charge in [0.05, 0.1) is 6.10 Å². The summed E-state index contributed by atoms with van der Waals surface area (Å²) in [4.78, 5) is 2.25. The van der Waals surface area contributed by atoms with Gasteiger partial charge in [-0.05, 0) is 33.4 Å². The molecule has 1 aliphatic heterocycles. The van der Waals surface area contributed by atoms with Gasteiger partial charge in [-0.3, -0.25) is 4.90 Å². The molecule has 0 aliphatic carbocycles. The maximum atomic E-state index is 9.19. The Hall–Kier alpha value is -0.120. The fourth-order valence-corrected chi connectivity index (χ4v) is 1.78. The van der Waals surface area contributed by atoms with Crippen LogP contribution in [0.4, 0.5) is 0 Å². The van der Waals surface area contributed by atoms with E-state index in [1.165, 1.54) is 12.8 Å². The molecule has 3 heteroatoms. The van der Waals surface area contributed by atoms with Gasteiger partial charge in [0, 0.05) is 19.1 Å². The second-order valence-electron chi connectivity index (χ2n) is 3.79. The van der Waals surface area contributed by atoms with Gasteiger partial charge >= 0.3 is 0 Å². The third kappa shape index (κ3) is 3.09. The minimum absolute atomic E-state index is 0.211. The summed E-state index contributed by atoms with van der Waals surface area (Å²) in [6.07, 6.45) is 2.31. The second kappa shape index (κ2) is 4.80. The Morgan fingerprint density at radius 2 is 2.42 bits per heavy atom. The Morgan fingerprint density at radius 1 is 1.67 bits per heavy atom. The molecule has 2 atom stereocenters. The molecule has 2 N–H and O–H groups in total. The molecule has 1 fully saturated rings. The summed E-state index contributed by atoms with van der Waals surface area (Å²) >= 11 is 0. The molecule has 1 saturated heterocycles. The Kier molecular flexibility index (Phi) is 3.98. The molecule has 3 nitrogen and oxygen atoms in total. The van der Waals surface area contributed by atoms with Gasteiger partial charge in [-0.1, -0.05) is 0 Å². The molecule has 72 valence electrons. The summed E-state index contributed by atoms with van der Waals surface area (Å²) in [5.41, 5.74) is 0. The van der Waals surface area contributed by atoms with Crippen LogP contribution in [0.15, 0.2) is 0 Å². The highest BCUT2D eigenvalue weighted by Gasteiger charge is 2.17. The number of aliphatic hydroxyl groups excluding tert-OH is 1. The monoisotopic (exact) mass is 172 g/mol. The highest BCUT2D eigenvalue weighted by atomic mass is 16.3. The highest BCUT2D eigenvalue weighted by Crippen LogP contribution is 2.08. The van der Waals surface area contributed by atoms with Gasteiger partial charge in [0.25, 0.3) is 0 Å². The third-order valence-electron chi connectivity index (χ3n) is 2.45. The number of aliphatic hydroxyl groups is 1. The number of hydrogen-bond acceptors (Lipinski definition) is 3. The Morgan fingerprint density at radius 3 is 2.92 bits per heavy atom. The van der Waals surface area contributed by atoms with Crippen molar-refractivity contribution in [2.45, 2.75) is 31.9 Å². The SMILES string of the molecule is C[C@@H](O)CN(C)C1CCCNC1. The van der Waals surface area contributed by atoms with Crippen molar-refractivity contribution in [1.29, 1.82) is 0 Å². The van der Waals surface area contributed by atoms with Crippen molar-refractivity contribution in [3.63, 3.8) is 0 Å². The van der Waals surface area contributed by atoms with Crippen molar-refractivity contribution in [2.75, 3.05) is 26.7 Å². The van der Waals surface area contributed by atoms with Gasteiger partial charge in [0.1, 0.15) is 0 Å². The lowest BCUT2D eigenvalue weighted by atomic mass is 10.1. The standard InChI is InChI=1S/C9H20N2O/c1-8(12)7-11(2)9-4-3-5-10-6-9/h8-10,12H,3-7H2,1-2H3/t8-,9?/m1/s1. The van der Waals surface area contributed by atoms with Crippen LogP contribution < -0.4 is 5.32 Å². The van der Waals surface area contributed by atoms with Crippen molar-refractivity contribution < 1.29 is 5.11 Å². The van der Waals surface area contributed by atoms with E-state index in [2.05, 4.69) is 17.3 Å². The first-order valence-electron chi connectivity index (χ1n) is 4.79. The normalized spacial score (nSPS) is 27.5. The zero-order chi connectivity index (χ0) is 8.97. The molecule has 1 heterocycles. The first-order chi connectivity index (χ1) is 5.70. The zero-order valence-electron chi connectivity index (χ0n) is 8.08. The van der Waals surface area contributed by atoms with Crippen molar-refractivity contribution in [1.82, 2.24) is 10.2 Å². The van der Waals surface area contributed by atoms with Crippen LogP contribution in [0.3, 0.4) is 0 Å². The lowest BCUT2D eigenvalue weighted by molar-refractivity contribution is 0.107. The Bertz CT molecular complexity index is 122. The Balaban J connectivity index is 2.24. The van der Waals surface area contributed by atoms with Gasteiger partial charge in [-0.15, -0.1) is 0 Å². The summed E-state index contributed by atoms with van der Waals surface area (Å²) < 4.78 is 0. The molecular formula is C9H20N2O. The average molecular weight is 172 g/mol. The van der Waals surface area contributed by atoms with E-state index in [-0.39, 0.29) is 6.10 Å². The lowest BCUT2D eigenvalue weighted by Gasteiger charge is -2.32. The van der Waals surface area contributed by atoms with Gasteiger partial charge in [-0.25, -0.2) is 0 Å². The van der Waals surface area contributed by atoms with Crippen LogP contribution in [0.25, 0.3) is 0 Å². The number of rotatable bonds is 3. The van der Waals surface area contributed by atoms with Gasteiger partial charge in [0.15, 0.2) is 0 Å². The number of piperidine rings is 1. The fourth-order valence-electron chi connectivity index (χ4n) is 1.78.